The Kier molecular flexibility index (Phi) is 6.26. The van der Waals surface area contributed by atoms with Crippen LogP contribution in [0.25, 0.3) is 0 Å². The summed E-state index contributed by atoms with van der Waals surface area (Å²) < 4.78 is 7.05. The van der Waals surface area contributed by atoms with Gasteiger partial charge in [0.2, 0.25) is 11.9 Å². The van der Waals surface area contributed by atoms with Crippen molar-refractivity contribution >= 4 is 23.5 Å². The van der Waals surface area contributed by atoms with Crippen LogP contribution in [0.3, 0.4) is 0 Å². The number of ether oxygens (including phenoxy) is 1. The number of amides is 1. The number of aromatic nitrogens is 3. The zero-order valence-electron chi connectivity index (χ0n) is 19.2. The molecule has 0 saturated carbocycles. The van der Waals surface area contributed by atoms with E-state index in [9.17, 15) is 9.59 Å². The quantitative estimate of drug-likeness (QED) is 0.581. The van der Waals surface area contributed by atoms with Gasteiger partial charge in [-0.3, -0.25) is 4.79 Å². The highest BCUT2D eigenvalue weighted by molar-refractivity contribution is 5.97. The third-order valence-electron chi connectivity index (χ3n) is 5.90. The highest BCUT2D eigenvalue weighted by Gasteiger charge is 2.38. The first-order chi connectivity index (χ1) is 15.9. The van der Waals surface area contributed by atoms with Gasteiger partial charge in [-0.15, -0.1) is 0 Å². The van der Waals surface area contributed by atoms with E-state index >= 15 is 0 Å². The summed E-state index contributed by atoms with van der Waals surface area (Å²) in [7, 11) is 0. The molecular formula is C25H27N5O3. The molecule has 1 aliphatic heterocycles. The Labute approximate surface area is 192 Å². The van der Waals surface area contributed by atoms with Gasteiger partial charge in [0, 0.05) is 11.4 Å². The SMILES string of the molecule is CCOC(=O)C1=C(C)N(CC(=O)Nc2cccc(C)c2C)c2ncnn2C1c1ccccc1. The number of fused-ring (bicyclic) bond motifs is 1. The minimum Gasteiger partial charge on any atom is -0.463 e. The Morgan fingerprint density at radius 1 is 1.06 bits per heavy atom. The molecule has 1 unspecified atom stereocenters. The fourth-order valence-corrected chi connectivity index (χ4v) is 4.06. The molecule has 8 heteroatoms. The number of aryl methyl sites for hydroxylation is 1. The first kappa shape index (κ1) is 22.3. The Balaban J connectivity index is 1.72. The monoisotopic (exact) mass is 445 g/mol. The van der Waals surface area contributed by atoms with Gasteiger partial charge in [-0.1, -0.05) is 42.5 Å². The second kappa shape index (κ2) is 9.28. The van der Waals surface area contributed by atoms with E-state index < -0.39 is 12.0 Å². The first-order valence-electron chi connectivity index (χ1n) is 10.9. The van der Waals surface area contributed by atoms with Crippen LogP contribution in [-0.4, -0.2) is 39.8 Å². The molecule has 3 aromatic rings. The van der Waals surface area contributed by atoms with E-state index in [1.807, 2.05) is 69.3 Å². The average Bonchev–Trinajstić information content (AvgIpc) is 3.28. The van der Waals surface area contributed by atoms with Crippen molar-refractivity contribution in [1.82, 2.24) is 14.8 Å². The molecular weight excluding hydrogens is 418 g/mol. The number of allylic oxidation sites excluding steroid dienone is 1. The van der Waals surface area contributed by atoms with Crippen molar-refractivity contribution in [2.45, 2.75) is 33.7 Å². The van der Waals surface area contributed by atoms with E-state index in [4.69, 9.17) is 4.74 Å². The Morgan fingerprint density at radius 2 is 1.82 bits per heavy atom. The smallest absolute Gasteiger partial charge is 0.338 e. The van der Waals surface area contributed by atoms with E-state index in [2.05, 4.69) is 15.4 Å². The molecule has 33 heavy (non-hydrogen) atoms. The van der Waals surface area contributed by atoms with Crippen LogP contribution in [0.5, 0.6) is 0 Å². The minimum atomic E-state index is -0.499. The maximum absolute atomic E-state index is 13.1. The lowest BCUT2D eigenvalue weighted by Gasteiger charge is -2.35. The third-order valence-corrected chi connectivity index (χ3v) is 5.90. The van der Waals surface area contributed by atoms with Crippen LogP contribution in [0.1, 0.15) is 36.6 Å². The van der Waals surface area contributed by atoms with Crippen molar-refractivity contribution in [3.05, 3.63) is 82.8 Å². The van der Waals surface area contributed by atoms with Crippen LogP contribution in [-0.2, 0) is 14.3 Å². The molecule has 1 N–H and O–H groups in total. The summed E-state index contributed by atoms with van der Waals surface area (Å²) in [6, 6.07) is 14.9. The summed E-state index contributed by atoms with van der Waals surface area (Å²) in [5.41, 5.74) is 4.78. The van der Waals surface area contributed by atoms with Crippen LogP contribution in [0, 0.1) is 13.8 Å². The molecule has 2 heterocycles. The standard InChI is InChI=1S/C25H27N5O3/c1-5-33-24(32)22-18(4)29(14-21(31)28-20-13-9-10-16(2)17(20)3)25-26-15-27-30(25)23(22)19-11-7-6-8-12-19/h6-13,15,23H,5,14H2,1-4H3,(H,28,31). The Hall–Kier alpha value is -3.94. The van der Waals surface area contributed by atoms with Crippen LogP contribution in [0.2, 0.25) is 0 Å². The predicted molar refractivity (Wildman–Crippen MR) is 126 cm³/mol. The summed E-state index contributed by atoms with van der Waals surface area (Å²) in [5, 5.41) is 7.38. The summed E-state index contributed by atoms with van der Waals surface area (Å²) in [6.07, 6.45) is 1.43. The minimum absolute atomic E-state index is 0.0255. The molecule has 0 saturated heterocycles. The molecule has 1 atom stereocenters. The lowest BCUT2D eigenvalue weighted by Crippen LogP contribution is -2.41. The maximum Gasteiger partial charge on any atom is 0.338 e. The number of benzene rings is 2. The van der Waals surface area contributed by atoms with Crippen LogP contribution in [0.15, 0.2) is 66.1 Å². The highest BCUT2D eigenvalue weighted by atomic mass is 16.5. The number of anilines is 2. The van der Waals surface area contributed by atoms with E-state index in [1.165, 1.54) is 6.33 Å². The number of hydrogen-bond acceptors (Lipinski definition) is 6. The number of rotatable bonds is 6. The molecule has 8 nitrogen and oxygen atoms in total. The zero-order chi connectivity index (χ0) is 23.5. The molecule has 1 amide bonds. The molecule has 2 aromatic carbocycles. The van der Waals surface area contributed by atoms with Crippen molar-refractivity contribution < 1.29 is 14.3 Å². The van der Waals surface area contributed by atoms with E-state index in [0.717, 1.165) is 22.4 Å². The van der Waals surface area contributed by atoms with Crippen molar-refractivity contribution in [2.24, 2.45) is 0 Å². The molecule has 0 fully saturated rings. The Morgan fingerprint density at radius 3 is 2.55 bits per heavy atom. The average molecular weight is 446 g/mol. The van der Waals surface area contributed by atoms with Gasteiger partial charge in [0.15, 0.2) is 0 Å². The molecule has 170 valence electrons. The Bertz CT molecular complexity index is 1220. The highest BCUT2D eigenvalue weighted by Crippen LogP contribution is 2.38. The summed E-state index contributed by atoms with van der Waals surface area (Å²) in [5.74, 6) is -0.172. The first-order valence-corrected chi connectivity index (χ1v) is 10.9. The fraction of sp³-hybridized carbons (Fsp3) is 0.280. The van der Waals surface area contributed by atoms with Gasteiger partial charge in [-0.2, -0.15) is 10.1 Å². The molecule has 4 rings (SSSR count). The number of carbonyl (C=O) groups is 2. The summed E-state index contributed by atoms with van der Waals surface area (Å²) in [6.45, 7) is 7.77. The largest absolute Gasteiger partial charge is 0.463 e. The van der Waals surface area contributed by atoms with Crippen molar-refractivity contribution in [1.29, 1.82) is 0 Å². The van der Waals surface area contributed by atoms with Crippen molar-refractivity contribution in [3.63, 3.8) is 0 Å². The molecule has 0 bridgehead atoms. The number of esters is 1. The number of nitrogens with one attached hydrogen (secondary N) is 1. The van der Waals surface area contributed by atoms with Gasteiger partial charge >= 0.3 is 5.97 Å². The predicted octanol–water partition coefficient (Wildman–Crippen LogP) is 3.78. The van der Waals surface area contributed by atoms with Gasteiger partial charge in [-0.05, 0) is 50.5 Å². The van der Waals surface area contributed by atoms with Gasteiger partial charge in [0.25, 0.3) is 0 Å². The zero-order valence-corrected chi connectivity index (χ0v) is 19.2. The number of hydrogen-bond donors (Lipinski definition) is 1. The maximum atomic E-state index is 13.1. The van der Waals surface area contributed by atoms with Crippen LogP contribution >= 0.6 is 0 Å². The van der Waals surface area contributed by atoms with Gasteiger partial charge in [0.1, 0.15) is 18.9 Å². The van der Waals surface area contributed by atoms with Gasteiger partial charge in [0.05, 0.1) is 12.2 Å². The fourth-order valence-electron chi connectivity index (χ4n) is 4.06. The van der Waals surface area contributed by atoms with E-state index in [-0.39, 0.29) is 19.1 Å². The van der Waals surface area contributed by atoms with Crippen LogP contribution in [0.4, 0.5) is 11.6 Å². The number of carbonyl (C=O) groups excluding carboxylic acids is 2. The van der Waals surface area contributed by atoms with E-state index in [0.29, 0.717) is 17.2 Å². The van der Waals surface area contributed by atoms with Crippen molar-refractivity contribution in [3.8, 4) is 0 Å². The van der Waals surface area contributed by atoms with Crippen molar-refractivity contribution in [2.75, 3.05) is 23.4 Å². The van der Waals surface area contributed by atoms with Crippen LogP contribution < -0.4 is 10.2 Å². The molecule has 0 radical (unpaired) electrons. The topological polar surface area (TPSA) is 89.3 Å². The molecule has 1 aliphatic rings. The van der Waals surface area contributed by atoms with Gasteiger partial charge in [-0.25, -0.2) is 9.48 Å². The lowest BCUT2D eigenvalue weighted by molar-refractivity contribution is -0.139. The molecule has 0 spiro atoms. The second-order valence-corrected chi connectivity index (χ2v) is 7.92. The number of nitrogens with zero attached hydrogens (tertiary/aromatic N) is 4. The van der Waals surface area contributed by atoms with E-state index in [1.54, 1.807) is 16.5 Å². The normalized spacial score (nSPS) is 15.3. The summed E-state index contributed by atoms with van der Waals surface area (Å²) >= 11 is 0. The van der Waals surface area contributed by atoms with Gasteiger partial charge < -0.3 is 15.0 Å². The molecule has 0 aliphatic carbocycles. The lowest BCUT2D eigenvalue weighted by atomic mass is 9.95. The third kappa shape index (κ3) is 4.24. The molecule has 1 aromatic heterocycles. The summed E-state index contributed by atoms with van der Waals surface area (Å²) in [4.78, 5) is 32.2. The second-order valence-electron chi connectivity index (χ2n) is 7.92.